The summed E-state index contributed by atoms with van der Waals surface area (Å²) in [5.74, 6) is 0.743. The molecule has 1 N–H and O–H groups in total. The zero-order valence-electron chi connectivity index (χ0n) is 14.4. The quantitative estimate of drug-likeness (QED) is 0.718. The summed E-state index contributed by atoms with van der Waals surface area (Å²) < 4.78 is 12.2. The normalized spacial score (nSPS) is 10.8. The van der Waals surface area contributed by atoms with Crippen LogP contribution in [0.2, 0.25) is 0 Å². The number of fused-ring (bicyclic) bond motifs is 1. The lowest BCUT2D eigenvalue weighted by molar-refractivity contribution is -0.116. The van der Waals surface area contributed by atoms with Crippen LogP contribution >= 0.6 is 0 Å². The first-order chi connectivity index (χ1) is 12.2. The number of ether oxygens (including phenoxy) is 2. The number of carbonyl (C=O) groups is 1. The zero-order valence-corrected chi connectivity index (χ0v) is 14.4. The molecule has 0 aliphatic heterocycles. The van der Waals surface area contributed by atoms with Gasteiger partial charge in [0.25, 0.3) is 0 Å². The van der Waals surface area contributed by atoms with Gasteiger partial charge in [-0.25, -0.2) is 0 Å². The molecule has 0 fully saturated rings. The van der Waals surface area contributed by atoms with Crippen LogP contribution in [0.3, 0.4) is 0 Å². The van der Waals surface area contributed by atoms with E-state index < -0.39 is 0 Å². The molecule has 25 heavy (non-hydrogen) atoms. The molecule has 130 valence electrons. The second-order valence-corrected chi connectivity index (χ2v) is 5.72. The van der Waals surface area contributed by atoms with E-state index in [1.54, 1.807) is 20.4 Å². The number of aromatic nitrogens is 2. The van der Waals surface area contributed by atoms with Gasteiger partial charge in [-0.05, 0) is 35.9 Å². The van der Waals surface area contributed by atoms with Gasteiger partial charge < -0.3 is 14.8 Å². The Morgan fingerprint density at radius 2 is 2.08 bits per heavy atom. The molecule has 1 aromatic heterocycles. The lowest BCUT2D eigenvalue weighted by Gasteiger charge is -2.08. The van der Waals surface area contributed by atoms with Gasteiger partial charge in [0, 0.05) is 24.6 Å². The fraction of sp³-hybridized carbons (Fsp3) is 0.263. The van der Waals surface area contributed by atoms with E-state index in [2.05, 4.69) is 10.4 Å². The van der Waals surface area contributed by atoms with E-state index in [1.165, 1.54) is 0 Å². The molecule has 0 bridgehead atoms. The molecule has 0 atom stereocenters. The molecule has 0 saturated heterocycles. The molecule has 3 aromatic rings. The highest BCUT2D eigenvalue weighted by molar-refractivity contribution is 5.90. The maximum atomic E-state index is 12.2. The monoisotopic (exact) mass is 339 g/mol. The topological polar surface area (TPSA) is 65.4 Å². The van der Waals surface area contributed by atoms with Crippen LogP contribution in [0.25, 0.3) is 10.9 Å². The lowest BCUT2D eigenvalue weighted by atomic mass is 10.2. The highest BCUT2D eigenvalue weighted by atomic mass is 16.5. The Labute approximate surface area is 146 Å². The van der Waals surface area contributed by atoms with Crippen LogP contribution in [-0.2, 0) is 22.7 Å². The average Bonchev–Trinajstić information content (AvgIpc) is 3.02. The van der Waals surface area contributed by atoms with E-state index in [1.807, 2.05) is 47.1 Å². The van der Waals surface area contributed by atoms with E-state index >= 15 is 0 Å². The predicted octanol–water partition coefficient (Wildman–Crippen LogP) is 3.22. The number of amides is 1. The Morgan fingerprint density at radius 1 is 1.20 bits per heavy atom. The van der Waals surface area contributed by atoms with E-state index in [-0.39, 0.29) is 5.91 Å². The Balaban J connectivity index is 1.61. The van der Waals surface area contributed by atoms with Crippen LogP contribution in [0.1, 0.15) is 12.0 Å². The van der Waals surface area contributed by atoms with Gasteiger partial charge in [0.1, 0.15) is 5.75 Å². The van der Waals surface area contributed by atoms with Gasteiger partial charge in [0.05, 0.1) is 32.0 Å². The lowest BCUT2D eigenvalue weighted by Crippen LogP contribution is -2.15. The zero-order chi connectivity index (χ0) is 17.6. The molecule has 1 amide bonds. The van der Waals surface area contributed by atoms with Crippen LogP contribution < -0.4 is 10.1 Å². The maximum Gasteiger partial charge on any atom is 0.226 e. The predicted molar refractivity (Wildman–Crippen MR) is 96.7 cm³/mol. The molecule has 0 aliphatic carbocycles. The van der Waals surface area contributed by atoms with Gasteiger partial charge in [-0.3, -0.25) is 9.48 Å². The second kappa shape index (κ2) is 7.81. The number of carbonyl (C=O) groups excluding carboxylic acids is 1. The van der Waals surface area contributed by atoms with Crippen molar-refractivity contribution in [2.75, 3.05) is 19.5 Å². The van der Waals surface area contributed by atoms with Crippen molar-refractivity contribution in [3.05, 3.63) is 54.2 Å². The minimum atomic E-state index is -0.0493. The first-order valence-electron chi connectivity index (χ1n) is 8.07. The van der Waals surface area contributed by atoms with Gasteiger partial charge >= 0.3 is 0 Å². The Morgan fingerprint density at radius 3 is 2.88 bits per heavy atom. The van der Waals surface area contributed by atoms with Gasteiger partial charge in [0.15, 0.2) is 0 Å². The molecule has 6 nitrogen and oxygen atoms in total. The smallest absolute Gasteiger partial charge is 0.226 e. The van der Waals surface area contributed by atoms with Crippen LogP contribution in [0, 0.1) is 0 Å². The van der Waals surface area contributed by atoms with Crippen LogP contribution in [0.5, 0.6) is 5.75 Å². The summed E-state index contributed by atoms with van der Waals surface area (Å²) in [5, 5.41) is 8.26. The summed E-state index contributed by atoms with van der Waals surface area (Å²) in [6.07, 6.45) is 2.13. The fourth-order valence-electron chi connectivity index (χ4n) is 2.71. The van der Waals surface area contributed by atoms with Crippen molar-refractivity contribution in [2.24, 2.45) is 0 Å². The van der Waals surface area contributed by atoms with Crippen molar-refractivity contribution in [1.82, 2.24) is 9.78 Å². The highest BCUT2D eigenvalue weighted by Crippen LogP contribution is 2.20. The SMILES string of the molecule is COCc1cccc(NC(=O)CCn2ncc3cc(OC)ccc32)c1. The molecule has 0 unspecified atom stereocenters. The average molecular weight is 339 g/mol. The third-order valence-electron chi connectivity index (χ3n) is 3.92. The van der Waals surface area contributed by atoms with Crippen molar-refractivity contribution in [3.63, 3.8) is 0 Å². The van der Waals surface area contributed by atoms with E-state index in [9.17, 15) is 4.79 Å². The first-order valence-corrected chi connectivity index (χ1v) is 8.07. The van der Waals surface area contributed by atoms with Crippen LogP contribution in [0.15, 0.2) is 48.7 Å². The van der Waals surface area contributed by atoms with Gasteiger partial charge in [0.2, 0.25) is 5.91 Å². The molecule has 0 radical (unpaired) electrons. The van der Waals surface area contributed by atoms with E-state index in [0.29, 0.717) is 19.6 Å². The largest absolute Gasteiger partial charge is 0.497 e. The van der Waals surface area contributed by atoms with E-state index in [4.69, 9.17) is 9.47 Å². The minimum Gasteiger partial charge on any atom is -0.497 e. The molecular formula is C19H21N3O3. The molecule has 0 spiro atoms. The number of nitrogens with one attached hydrogen (secondary N) is 1. The Bertz CT molecular complexity index is 873. The first kappa shape index (κ1) is 17.0. The Kier molecular flexibility index (Phi) is 5.30. The van der Waals surface area contributed by atoms with Crippen molar-refractivity contribution in [2.45, 2.75) is 19.6 Å². The number of benzene rings is 2. The molecule has 2 aromatic carbocycles. The third kappa shape index (κ3) is 4.16. The van der Waals surface area contributed by atoms with Gasteiger partial charge in [-0.15, -0.1) is 0 Å². The fourth-order valence-corrected chi connectivity index (χ4v) is 2.71. The standard InChI is InChI=1S/C19H21N3O3/c1-24-13-14-4-3-5-16(10-14)21-19(23)8-9-22-18-7-6-17(25-2)11-15(18)12-20-22/h3-7,10-12H,8-9,13H2,1-2H3,(H,21,23). The number of anilines is 1. The highest BCUT2D eigenvalue weighted by Gasteiger charge is 2.08. The Hall–Kier alpha value is -2.86. The van der Waals surface area contributed by atoms with Crippen molar-refractivity contribution in [3.8, 4) is 5.75 Å². The molecule has 3 rings (SSSR count). The van der Waals surface area contributed by atoms with Gasteiger partial charge in [-0.1, -0.05) is 12.1 Å². The summed E-state index contributed by atoms with van der Waals surface area (Å²) in [6, 6.07) is 13.4. The molecule has 6 heteroatoms. The molecule has 0 aliphatic rings. The number of hydrogen-bond acceptors (Lipinski definition) is 4. The van der Waals surface area contributed by atoms with Crippen LogP contribution in [0.4, 0.5) is 5.69 Å². The minimum absolute atomic E-state index is 0.0493. The number of methoxy groups -OCH3 is 2. The number of nitrogens with zero attached hydrogens (tertiary/aromatic N) is 2. The summed E-state index contributed by atoms with van der Waals surface area (Å²) >= 11 is 0. The summed E-state index contributed by atoms with van der Waals surface area (Å²) in [5.41, 5.74) is 2.78. The number of aryl methyl sites for hydroxylation is 1. The second-order valence-electron chi connectivity index (χ2n) is 5.72. The van der Waals surface area contributed by atoms with E-state index in [0.717, 1.165) is 27.9 Å². The van der Waals surface area contributed by atoms with Crippen LogP contribution in [-0.4, -0.2) is 29.9 Å². The number of rotatable bonds is 7. The maximum absolute atomic E-state index is 12.2. The molecule has 1 heterocycles. The van der Waals surface area contributed by atoms with Gasteiger partial charge in [-0.2, -0.15) is 5.10 Å². The summed E-state index contributed by atoms with van der Waals surface area (Å²) in [6.45, 7) is 1.03. The number of hydrogen-bond donors (Lipinski definition) is 1. The molecule has 0 saturated carbocycles. The van der Waals surface area contributed by atoms with Crippen molar-refractivity contribution < 1.29 is 14.3 Å². The molecular weight excluding hydrogens is 318 g/mol. The summed E-state index contributed by atoms with van der Waals surface area (Å²) in [7, 11) is 3.28. The third-order valence-corrected chi connectivity index (χ3v) is 3.92. The van der Waals surface area contributed by atoms with Crippen molar-refractivity contribution >= 4 is 22.5 Å². The summed E-state index contributed by atoms with van der Waals surface area (Å²) in [4.78, 5) is 12.2. The van der Waals surface area contributed by atoms with Crippen molar-refractivity contribution in [1.29, 1.82) is 0 Å².